The summed E-state index contributed by atoms with van der Waals surface area (Å²) in [7, 11) is 0. The van der Waals surface area contributed by atoms with Crippen molar-refractivity contribution in [2.24, 2.45) is 0 Å². The minimum absolute atomic E-state index is 0.345. The Morgan fingerprint density at radius 2 is 1.94 bits per heavy atom. The number of hydrogen-bond acceptors (Lipinski definition) is 3. The van der Waals surface area contributed by atoms with Crippen LogP contribution < -0.4 is 5.32 Å². The number of aryl methyl sites for hydroxylation is 3. The van der Waals surface area contributed by atoms with Crippen molar-refractivity contribution < 1.29 is 5.11 Å². The molecule has 2 rings (SSSR count). The minimum atomic E-state index is 0.345. The Kier molecular flexibility index (Phi) is 3.38. The molecule has 2 aromatic rings. The molecule has 0 aliphatic heterocycles. The predicted octanol–water partition coefficient (Wildman–Crippen LogP) is 3.99. The molecule has 0 aliphatic rings. The van der Waals surface area contributed by atoms with Crippen LogP contribution in [0.3, 0.4) is 0 Å². The van der Waals surface area contributed by atoms with Crippen LogP contribution in [-0.4, -0.2) is 5.11 Å². The van der Waals surface area contributed by atoms with Crippen LogP contribution in [0, 0.1) is 20.8 Å². The third-order valence-corrected chi connectivity index (χ3v) is 3.83. The van der Waals surface area contributed by atoms with Gasteiger partial charge in [0.15, 0.2) is 0 Å². The van der Waals surface area contributed by atoms with Crippen LogP contribution >= 0.6 is 11.3 Å². The number of phenols is 1. The second-order valence-electron chi connectivity index (χ2n) is 4.29. The SMILES string of the molecule is Cc1cc(CNc2ccc(O)c(C)c2)c(C)s1. The van der Waals surface area contributed by atoms with Gasteiger partial charge in [0.1, 0.15) is 5.75 Å². The lowest BCUT2D eigenvalue weighted by atomic mass is 10.2. The molecule has 90 valence electrons. The van der Waals surface area contributed by atoms with E-state index in [1.165, 1.54) is 15.3 Å². The summed E-state index contributed by atoms with van der Waals surface area (Å²) < 4.78 is 0. The first-order valence-electron chi connectivity index (χ1n) is 5.65. The highest BCUT2D eigenvalue weighted by Gasteiger charge is 2.03. The standard InChI is InChI=1S/C14H17NOS/c1-9-6-13(4-5-14(9)16)15-8-12-7-10(2)17-11(12)3/h4-7,15-16H,8H2,1-3H3. The van der Waals surface area contributed by atoms with Gasteiger partial charge < -0.3 is 10.4 Å². The second kappa shape index (κ2) is 4.80. The number of nitrogens with one attached hydrogen (secondary N) is 1. The molecule has 0 unspecified atom stereocenters. The monoisotopic (exact) mass is 247 g/mol. The molecule has 1 aromatic heterocycles. The summed E-state index contributed by atoms with van der Waals surface area (Å²) in [5, 5.41) is 12.8. The smallest absolute Gasteiger partial charge is 0.118 e. The number of hydrogen-bond donors (Lipinski definition) is 2. The molecule has 0 atom stereocenters. The third-order valence-electron chi connectivity index (χ3n) is 2.82. The van der Waals surface area contributed by atoms with Crippen molar-refractivity contribution in [1.82, 2.24) is 0 Å². The van der Waals surface area contributed by atoms with E-state index in [-0.39, 0.29) is 0 Å². The van der Waals surface area contributed by atoms with Gasteiger partial charge >= 0.3 is 0 Å². The molecule has 17 heavy (non-hydrogen) atoms. The Balaban J connectivity index is 2.07. The zero-order valence-electron chi connectivity index (χ0n) is 10.4. The van der Waals surface area contributed by atoms with Crippen molar-refractivity contribution in [2.45, 2.75) is 27.3 Å². The summed E-state index contributed by atoms with van der Waals surface area (Å²) in [5.41, 5.74) is 3.29. The second-order valence-corrected chi connectivity index (χ2v) is 5.75. The lowest BCUT2D eigenvalue weighted by molar-refractivity contribution is 0.471. The zero-order chi connectivity index (χ0) is 12.4. The Morgan fingerprint density at radius 3 is 2.53 bits per heavy atom. The Hall–Kier alpha value is -1.48. The summed E-state index contributed by atoms with van der Waals surface area (Å²) >= 11 is 1.83. The number of aromatic hydroxyl groups is 1. The first-order chi connectivity index (χ1) is 8.06. The first kappa shape index (κ1) is 12.0. The summed E-state index contributed by atoms with van der Waals surface area (Å²) in [6.07, 6.45) is 0. The normalized spacial score (nSPS) is 10.5. The average molecular weight is 247 g/mol. The van der Waals surface area contributed by atoms with E-state index >= 15 is 0 Å². The van der Waals surface area contributed by atoms with Crippen molar-refractivity contribution >= 4 is 17.0 Å². The van der Waals surface area contributed by atoms with Crippen molar-refractivity contribution in [3.8, 4) is 5.75 Å². The average Bonchev–Trinajstić information content (AvgIpc) is 2.59. The molecule has 2 N–H and O–H groups in total. The van der Waals surface area contributed by atoms with Crippen LogP contribution in [0.1, 0.15) is 20.9 Å². The third kappa shape index (κ3) is 2.80. The van der Waals surface area contributed by atoms with Crippen molar-refractivity contribution in [3.63, 3.8) is 0 Å². The van der Waals surface area contributed by atoms with Crippen molar-refractivity contribution in [2.75, 3.05) is 5.32 Å². The summed E-state index contributed by atoms with van der Waals surface area (Å²) in [4.78, 5) is 2.71. The molecular weight excluding hydrogens is 230 g/mol. The fourth-order valence-corrected chi connectivity index (χ4v) is 2.77. The molecule has 0 aliphatic carbocycles. The highest BCUT2D eigenvalue weighted by molar-refractivity contribution is 7.12. The Labute approximate surface area is 106 Å². The van der Waals surface area contributed by atoms with E-state index in [4.69, 9.17) is 0 Å². The van der Waals surface area contributed by atoms with Crippen molar-refractivity contribution in [1.29, 1.82) is 0 Å². The van der Waals surface area contributed by atoms with Crippen LogP contribution in [0.25, 0.3) is 0 Å². The molecule has 0 saturated heterocycles. The number of rotatable bonds is 3. The van der Waals surface area contributed by atoms with E-state index in [0.717, 1.165) is 17.8 Å². The van der Waals surface area contributed by atoms with Gasteiger partial charge in [-0.3, -0.25) is 0 Å². The number of benzene rings is 1. The molecule has 3 heteroatoms. The van der Waals surface area contributed by atoms with Gasteiger partial charge in [-0.05, 0) is 56.2 Å². The van der Waals surface area contributed by atoms with Gasteiger partial charge in [0.2, 0.25) is 0 Å². The van der Waals surface area contributed by atoms with Crippen LogP contribution in [0.4, 0.5) is 5.69 Å². The van der Waals surface area contributed by atoms with Gasteiger partial charge in [0.25, 0.3) is 0 Å². The predicted molar refractivity (Wildman–Crippen MR) is 74.0 cm³/mol. The number of thiophene rings is 1. The highest BCUT2D eigenvalue weighted by atomic mass is 32.1. The molecule has 1 heterocycles. The quantitative estimate of drug-likeness (QED) is 0.804. The molecule has 0 amide bonds. The lowest BCUT2D eigenvalue weighted by Gasteiger charge is -2.07. The summed E-state index contributed by atoms with van der Waals surface area (Å²) in [5.74, 6) is 0.345. The maximum absolute atomic E-state index is 9.45. The van der Waals surface area contributed by atoms with E-state index in [9.17, 15) is 5.11 Å². The van der Waals surface area contributed by atoms with Crippen LogP contribution in [-0.2, 0) is 6.54 Å². The molecule has 0 fully saturated rings. The van der Waals surface area contributed by atoms with Gasteiger partial charge in [0.05, 0.1) is 0 Å². The van der Waals surface area contributed by atoms with Crippen molar-refractivity contribution in [3.05, 3.63) is 45.1 Å². The van der Waals surface area contributed by atoms with E-state index < -0.39 is 0 Å². The van der Waals surface area contributed by atoms with Gasteiger partial charge in [0, 0.05) is 22.0 Å². The van der Waals surface area contributed by atoms with E-state index in [2.05, 4.69) is 25.2 Å². The van der Waals surface area contributed by atoms with E-state index in [0.29, 0.717) is 5.75 Å². The van der Waals surface area contributed by atoms with Crippen LogP contribution in [0.15, 0.2) is 24.3 Å². The minimum Gasteiger partial charge on any atom is -0.508 e. The molecule has 2 nitrogen and oxygen atoms in total. The Morgan fingerprint density at radius 1 is 1.18 bits per heavy atom. The van der Waals surface area contributed by atoms with Crippen LogP contribution in [0.2, 0.25) is 0 Å². The molecule has 0 spiro atoms. The maximum Gasteiger partial charge on any atom is 0.118 e. The zero-order valence-corrected chi connectivity index (χ0v) is 11.2. The fraction of sp³-hybridized carbons (Fsp3) is 0.286. The molecule has 0 saturated carbocycles. The Bertz CT molecular complexity index is 531. The van der Waals surface area contributed by atoms with Gasteiger partial charge in [-0.25, -0.2) is 0 Å². The number of phenolic OH excluding ortho intramolecular Hbond substituents is 1. The summed E-state index contributed by atoms with van der Waals surface area (Å²) in [6, 6.07) is 7.81. The topological polar surface area (TPSA) is 32.3 Å². The summed E-state index contributed by atoms with van der Waals surface area (Å²) in [6.45, 7) is 7.02. The molecular formula is C14H17NOS. The highest BCUT2D eigenvalue weighted by Crippen LogP contribution is 2.23. The lowest BCUT2D eigenvalue weighted by Crippen LogP contribution is -1.99. The van der Waals surface area contributed by atoms with E-state index in [1.54, 1.807) is 6.07 Å². The van der Waals surface area contributed by atoms with Gasteiger partial charge in [-0.15, -0.1) is 11.3 Å². The first-order valence-corrected chi connectivity index (χ1v) is 6.47. The van der Waals surface area contributed by atoms with Crippen LogP contribution in [0.5, 0.6) is 5.75 Å². The fourth-order valence-electron chi connectivity index (χ4n) is 1.82. The number of anilines is 1. The molecule has 0 bridgehead atoms. The molecule has 1 aromatic carbocycles. The largest absolute Gasteiger partial charge is 0.508 e. The van der Waals surface area contributed by atoms with E-state index in [1.807, 2.05) is 30.4 Å². The molecule has 0 radical (unpaired) electrons. The van der Waals surface area contributed by atoms with Gasteiger partial charge in [-0.2, -0.15) is 0 Å². The van der Waals surface area contributed by atoms with Gasteiger partial charge in [-0.1, -0.05) is 0 Å². The maximum atomic E-state index is 9.45.